The van der Waals surface area contributed by atoms with E-state index in [4.69, 9.17) is 0 Å². The Balaban J connectivity index is 1.54. The number of carbonyl (C=O) groups excluding carboxylic acids is 1. The molecule has 24 heavy (non-hydrogen) atoms. The van der Waals surface area contributed by atoms with E-state index >= 15 is 0 Å². The fourth-order valence-electron chi connectivity index (χ4n) is 3.44. The molecule has 2 saturated carbocycles. The molecule has 1 aromatic rings. The maximum atomic E-state index is 12.2. The van der Waals surface area contributed by atoms with E-state index in [1.54, 1.807) is 0 Å². The highest BCUT2D eigenvalue weighted by Gasteiger charge is 2.35. The second kappa shape index (κ2) is 6.93. The minimum Gasteiger partial charge on any atom is -0.393 e. The number of allylic oxidation sites excluding steroid dienone is 1. The molecule has 7 nitrogen and oxygen atoms in total. The van der Waals surface area contributed by atoms with Gasteiger partial charge >= 0.3 is 0 Å². The number of nitrogens with one attached hydrogen (secondary N) is 2. The summed E-state index contributed by atoms with van der Waals surface area (Å²) in [5.74, 6) is 1.70. The average molecular weight is 333 g/mol. The molecule has 0 bridgehead atoms. The van der Waals surface area contributed by atoms with E-state index in [9.17, 15) is 9.90 Å². The summed E-state index contributed by atoms with van der Waals surface area (Å²) in [7, 11) is 3.79. The number of nitrogens with zero attached hydrogens (tertiary/aromatic N) is 3. The molecule has 0 aromatic carbocycles. The SMILES string of the molecule is CC(C(=O)NC[C@H]1C[C@H](c2nc(N(C)C)n[nH]2)C[C@H]1O)=C1CCC1. The van der Waals surface area contributed by atoms with Gasteiger partial charge in [-0.2, -0.15) is 4.98 Å². The molecule has 0 spiro atoms. The topological polar surface area (TPSA) is 94.1 Å². The number of H-pyrrole nitrogens is 1. The predicted molar refractivity (Wildman–Crippen MR) is 91.7 cm³/mol. The number of aliphatic hydroxyl groups excluding tert-OH is 1. The van der Waals surface area contributed by atoms with Crippen LogP contribution in [0.4, 0.5) is 5.95 Å². The fourth-order valence-corrected chi connectivity index (χ4v) is 3.44. The molecule has 7 heteroatoms. The number of aromatic amines is 1. The normalized spacial score (nSPS) is 26.2. The lowest BCUT2D eigenvalue weighted by molar-refractivity contribution is -0.117. The van der Waals surface area contributed by atoms with Crippen molar-refractivity contribution in [3.05, 3.63) is 17.0 Å². The summed E-state index contributed by atoms with van der Waals surface area (Å²) in [5.41, 5.74) is 2.13. The summed E-state index contributed by atoms with van der Waals surface area (Å²) in [6.45, 7) is 2.41. The highest BCUT2D eigenvalue weighted by molar-refractivity contribution is 5.93. The second-order valence-electron chi connectivity index (χ2n) is 7.20. The van der Waals surface area contributed by atoms with E-state index in [1.165, 1.54) is 12.0 Å². The molecule has 0 unspecified atom stereocenters. The van der Waals surface area contributed by atoms with Crippen LogP contribution in [-0.4, -0.2) is 52.9 Å². The summed E-state index contributed by atoms with van der Waals surface area (Å²) < 4.78 is 0. The molecule has 1 aromatic heterocycles. The first kappa shape index (κ1) is 17.0. The third kappa shape index (κ3) is 3.45. The Hall–Kier alpha value is -1.89. The Morgan fingerprint density at radius 2 is 2.12 bits per heavy atom. The van der Waals surface area contributed by atoms with Crippen LogP contribution in [0.25, 0.3) is 0 Å². The molecule has 3 rings (SSSR count). The first-order chi connectivity index (χ1) is 11.5. The maximum absolute atomic E-state index is 12.2. The van der Waals surface area contributed by atoms with E-state index in [2.05, 4.69) is 20.5 Å². The first-order valence-corrected chi connectivity index (χ1v) is 8.70. The third-order valence-electron chi connectivity index (χ3n) is 5.29. The molecule has 0 aliphatic heterocycles. The zero-order valence-electron chi connectivity index (χ0n) is 14.7. The monoisotopic (exact) mass is 333 g/mol. The van der Waals surface area contributed by atoms with Gasteiger partial charge in [0.15, 0.2) is 0 Å². The van der Waals surface area contributed by atoms with Crippen LogP contribution in [-0.2, 0) is 4.79 Å². The van der Waals surface area contributed by atoms with Crippen LogP contribution in [0, 0.1) is 5.92 Å². The van der Waals surface area contributed by atoms with Crippen molar-refractivity contribution in [3.8, 4) is 0 Å². The Morgan fingerprint density at radius 1 is 1.38 bits per heavy atom. The van der Waals surface area contributed by atoms with Crippen LogP contribution < -0.4 is 10.2 Å². The lowest BCUT2D eigenvalue weighted by atomic mass is 9.88. The average Bonchev–Trinajstić information content (AvgIpc) is 3.09. The molecule has 0 saturated heterocycles. The van der Waals surface area contributed by atoms with E-state index in [1.807, 2.05) is 25.9 Å². The van der Waals surface area contributed by atoms with Crippen molar-refractivity contribution in [2.75, 3.05) is 25.5 Å². The van der Waals surface area contributed by atoms with E-state index in [-0.39, 0.29) is 17.7 Å². The van der Waals surface area contributed by atoms with Gasteiger partial charge in [-0.15, -0.1) is 5.10 Å². The summed E-state index contributed by atoms with van der Waals surface area (Å²) in [6.07, 6.45) is 4.33. The van der Waals surface area contributed by atoms with Crippen LogP contribution in [0.1, 0.15) is 50.8 Å². The van der Waals surface area contributed by atoms with Crippen LogP contribution in [0.2, 0.25) is 0 Å². The van der Waals surface area contributed by atoms with Gasteiger partial charge in [0.25, 0.3) is 0 Å². The molecule has 2 fully saturated rings. The lowest BCUT2D eigenvalue weighted by Crippen LogP contribution is -2.33. The molecule has 3 atom stereocenters. The van der Waals surface area contributed by atoms with E-state index in [0.29, 0.717) is 18.9 Å². The molecular formula is C17H27N5O2. The first-order valence-electron chi connectivity index (χ1n) is 8.70. The minimum atomic E-state index is -0.417. The summed E-state index contributed by atoms with van der Waals surface area (Å²) in [4.78, 5) is 18.5. The van der Waals surface area contributed by atoms with Crippen molar-refractivity contribution in [1.29, 1.82) is 0 Å². The fraction of sp³-hybridized carbons (Fsp3) is 0.706. The van der Waals surface area contributed by atoms with Crippen molar-refractivity contribution >= 4 is 11.9 Å². The van der Waals surface area contributed by atoms with Gasteiger partial charge in [0.2, 0.25) is 11.9 Å². The van der Waals surface area contributed by atoms with Crippen LogP contribution in [0.3, 0.4) is 0 Å². The molecular weight excluding hydrogens is 306 g/mol. The Labute approximate surface area is 142 Å². The van der Waals surface area contributed by atoms with Crippen LogP contribution >= 0.6 is 0 Å². The van der Waals surface area contributed by atoms with Gasteiger partial charge in [0, 0.05) is 38.0 Å². The van der Waals surface area contributed by atoms with Crippen molar-refractivity contribution in [3.63, 3.8) is 0 Å². The highest BCUT2D eigenvalue weighted by atomic mass is 16.3. The van der Waals surface area contributed by atoms with Crippen molar-refractivity contribution in [1.82, 2.24) is 20.5 Å². The number of aliphatic hydroxyl groups is 1. The Morgan fingerprint density at radius 3 is 2.71 bits per heavy atom. The summed E-state index contributed by atoms with van der Waals surface area (Å²) >= 11 is 0. The number of aromatic nitrogens is 3. The van der Waals surface area contributed by atoms with Gasteiger partial charge in [-0.3, -0.25) is 9.89 Å². The van der Waals surface area contributed by atoms with Gasteiger partial charge in [-0.25, -0.2) is 0 Å². The number of amides is 1. The van der Waals surface area contributed by atoms with Crippen LogP contribution in [0.15, 0.2) is 11.1 Å². The quantitative estimate of drug-likeness (QED) is 0.707. The second-order valence-corrected chi connectivity index (χ2v) is 7.20. The van der Waals surface area contributed by atoms with Gasteiger partial charge in [0.1, 0.15) is 5.82 Å². The van der Waals surface area contributed by atoms with Gasteiger partial charge in [-0.1, -0.05) is 5.57 Å². The summed E-state index contributed by atoms with van der Waals surface area (Å²) in [6, 6.07) is 0. The minimum absolute atomic E-state index is 0.00918. The van der Waals surface area contributed by atoms with Gasteiger partial charge in [-0.05, 0) is 39.0 Å². The molecule has 1 amide bonds. The van der Waals surface area contributed by atoms with Crippen molar-refractivity contribution in [2.24, 2.45) is 5.92 Å². The predicted octanol–water partition coefficient (Wildman–Crippen LogP) is 1.34. The number of carbonyl (C=O) groups is 1. The molecule has 132 valence electrons. The van der Waals surface area contributed by atoms with Crippen LogP contribution in [0.5, 0.6) is 0 Å². The van der Waals surface area contributed by atoms with Crippen molar-refractivity contribution < 1.29 is 9.90 Å². The van der Waals surface area contributed by atoms with Crippen molar-refractivity contribution in [2.45, 2.75) is 51.0 Å². The molecule has 2 aliphatic rings. The van der Waals surface area contributed by atoms with E-state index < -0.39 is 6.10 Å². The smallest absolute Gasteiger partial charge is 0.246 e. The lowest BCUT2D eigenvalue weighted by Gasteiger charge is -2.21. The number of hydrogen-bond acceptors (Lipinski definition) is 5. The molecule has 3 N–H and O–H groups in total. The summed E-state index contributed by atoms with van der Waals surface area (Å²) in [5, 5.41) is 20.5. The molecule has 0 radical (unpaired) electrons. The van der Waals surface area contributed by atoms with Gasteiger partial charge in [0.05, 0.1) is 6.10 Å². The zero-order valence-corrected chi connectivity index (χ0v) is 14.7. The van der Waals surface area contributed by atoms with Gasteiger partial charge < -0.3 is 15.3 Å². The molecule has 1 heterocycles. The van der Waals surface area contributed by atoms with E-state index in [0.717, 1.165) is 30.7 Å². The number of rotatable bonds is 5. The third-order valence-corrected chi connectivity index (χ3v) is 5.29. The standard InChI is InChI=1S/C17H27N5O2/c1-10(11-5-4-6-11)16(24)18-9-13-7-12(8-14(13)23)15-19-17(21-20-15)22(2)3/h12-14,23H,4-9H2,1-3H3,(H,18,24)(H,19,20,21)/t12-,13+,14+/m0/s1. The largest absolute Gasteiger partial charge is 0.393 e. The highest BCUT2D eigenvalue weighted by Crippen LogP contribution is 2.37. The zero-order chi connectivity index (χ0) is 17.3. The molecule has 2 aliphatic carbocycles. The Bertz CT molecular complexity index is 631. The maximum Gasteiger partial charge on any atom is 0.246 e. The number of anilines is 1. The number of hydrogen-bond donors (Lipinski definition) is 3. The Kier molecular flexibility index (Phi) is 4.89.